The van der Waals surface area contributed by atoms with E-state index in [9.17, 15) is 0 Å². The van der Waals surface area contributed by atoms with E-state index in [1.807, 2.05) is 0 Å². The summed E-state index contributed by atoms with van der Waals surface area (Å²) in [6, 6.07) is 19.7. The third-order valence-electron chi connectivity index (χ3n) is 4.60. The lowest BCUT2D eigenvalue weighted by atomic mass is 9.87. The van der Waals surface area contributed by atoms with Crippen molar-refractivity contribution in [3.8, 4) is 0 Å². The molecule has 0 saturated carbocycles. The van der Waals surface area contributed by atoms with Crippen LogP contribution in [0.2, 0.25) is 0 Å². The highest BCUT2D eigenvalue weighted by Gasteiger charge is 2.12. The Bertz CT molecular complexity index is 672. The summed E-state index contributed by atoms with van der Waals surface area (Å²) in [7, 11) is 0. The Morgan fingerprint density at radius 1 is 0.864 bits per heavy atom. The lowest BCUT2D eigenvalue weighted by Gasteiger charge is -2.19. The Morgan fingerprint density at radius 2 is 1.59 bits per heavy atom. The highest BCUT2D eigenvalue weighted by molar-refractivity contribution is 5.68. The smallest absolute Gasteiger partial charge is 0.0153 e. The van der Waals surface area contributed by atoms with E-state index in [4.69, 9.17) is 0 Å². The summed E-state index contributed by atoms with van der Waals surface area (Å²) in [6.07, 6.45) is 8.19. The van der Waals surface area contributed by atoms with Gasteiger partial charge in [0.2, 0.25) is 0 Å². The Morgan fingerprint density at radius 3 is 2.23 bits per heavy atom. The Balaban J connectivity index is 1.69. The van der Waals surface area contributed by atoms with Crippen LogP contribution in [0, 0.1) is 6.92 Å². The van der Waals surface area contributed by atoms with Crippen LogP contribution in [0.25, 0.3) is 5.57 Å². The van der Waals surface area contributed by atoms with E-state index < -0.39 is 0 Å². The van der Waals surface area contributed by atoms with Gasteiger partial charge in [-0.1, -0.05) is 84.8 Å². The molecule has 0 unspecified atom stereocenters. The first kappa shape index (κ1) is 14.8. The second-order valence-corrected chi connectivity index (χ2v) is 6.40. The summed E-state index contributed by atoms with van der Waals surface area (Å²) < 4.78 is 0. The highest BCUT2D eigenvalue weighted by Crippen LogP contribution is 2.32. The van der Waals surface area contributed by atoms with Crippen LogP contribution in [0.1, 0.15) is 48.8 Å². The van der Waals surface area contributed by atoms with Crippen molar-refractivity contribution >= 4 is 5.57 Å². The molecule has 0 amide bonds. The van der Waals surface area contributed by atoms with E-state index in [1.165, 1.54) is 35.1 Å². The predicted molar refractivity (Wildman–Crippen MR) is 95.9 cm³/mol. The van der Waals surface area contributed by atoms with E-state index in [-0.39, 0.29) is 0 Å². The number of rotatable bonds is 4. The molecular weight excluding hydrogens is 264 g/mol. The van der Waals surface area contributed by atoms with Crippen molar-refractivity contribution in [1.29, 1.82) is 0 Å². The minimum atomic E-state index is 0.599. The molecule has 0 aliphatic heterocycles. The minimum Gasteiger partial charge on any atom is -0.0693 e. The lowest BCUT2D eigenvalue weighted by molar-refractivity contribution is 0.720. The summed E-state index contributed by atoms with van der Waals surface area (Å²) in [5.74, 6) is 0.599. The van der Waals surface area contributed by atoms with Crippen LogP contribution in [0.15, 0.2) is 72.3 Å². The molecule has 1 atom stereocenters. The molecule has 0 nitrogen and oxygen atoms in total. The largest absolute Gasteiger partial charge is 0.0693 e. The summed E-state index contributed by atoms with van der Waals surface area (Å²) in [4.78, 5) is 0. The third kappa shape index (κ3) is 3.57. The maximum Gasteiger partial charge on any atom is -0.0153 e. The van der Waals surface area contributed by atoms with E-state index in [0.29, 0.717) is 5.92 Å². The van der Waals surface area contributed by atoms with Gasteiger partial charge in [-0.25, -0.2) is 0 Å². The molecule has 1 aliphatic carbocycles. The average molecular weight is 288 g/mol. The quantitative estimate of drug-likeness (QED) is 0.620. The van der Waals surface area contributed by atoms with Gasteiger partial charge in [-0.2, -0.15) is 0 Å². The molecule has 3 rings (SSSR count). The van der Waals surface area contributed by atoms with Gasteiger partial charge in [-0.15, -0.1) is 0 Å². The second-order valence-electron chi connectivity index (χ2n) is 6.40. The van der Waals surface area contributed by atoms with Gasteiger partial charge in [0.25, 0.3) is 0 Å². The molecule has 0 heterocycles. The SMILES string of the molecule is Cc1ccc(C2=CC=C(C[C@@H](C)c3ccccc3)CC2)cc1. The van der Waals surface area contributed by atoms with E-state index in [2.05, 4.69) is 80.6 Å². The van der Waals surface area contributed by atoms with Crippen molar-refractivity contribution in [2.24, 2.45) is 0 Å². The van der Waals surface area contributed by atoms with E-state index in [0.717, 1.165) is 6.42 Å². The van der Waals surface area contributed by atoms with Gasteiger partial charge in [-0.3, -0.25) is 0 Å². The maximum atomic E-state index is 2.35. The first-order chi connectivity index (χ1) is 10.7. The van der Waals surface area contributed by atoms with Crippen LogP contribution in [0.4, 0.5) is 0 Å². The monoisotopic (exact) mass is 288 g/mol. The molecule has 0 spiro atoms. The van der Waals surface area contributed by atoms with Crippen LogP contribution in [-0.4, -0.2) is 0 Å². The predicted octanol–water partition coefficient (Wildman–Crippen LogP) is 6.29. The minimum absolute atomic E-state index is 0.599. The number of allylic oxidation sites excluding steroid dienone is 4. The number of hydrogen-bond donors (Lipinski definition) is 0. The Kier molecular flexibility index (Phi) is 4.58. The number of benzene rings is 2. The highest BCUT2D eigenvalue weighted by atomic mass is 14.2. The third-order valence-corrected chi connectivity index (χ3v) is 4.60. The maximum absolute atomic E-state index is 2.35. The molecule has 2 aromatic carbocycles. The van der Waals surface area contributed by atoms with Crippen molar-refractivity contribution < 1.29 is 0 Å². The molecule has 0 bridgehead atoms. The fourth-order valence-electron chi connectivity index (χ4n) is 3.15. The van der Waals surface area contributed by atoms with E-state index in [1.54, 1.807) is 5.57 Å². The molecular formula is C22H24. The van der Waals surface area contributed by atoms with E-state index >= 15 is 0 Å². The lowest BCUT2D eigenvalue weighted by Crippen LogP contribution is -1.99. The molecule has 112 valence electrons. The van der Waals surface area contributed by atoms with Gasteiger partial charge in [0.1, 0.15) is 0 Å². The van der Waals surface area contributed by atoms with Gasteiger partial charge in [0.05, 0.1) is 0 Å². The normalized spacial score (nSPS) is 15.9. The zero-order valence-corrected chi connectivity index (χ0v) is 13.5. The van der Waals surface area contributed by atoms with Crippen LogP contribution >= 0.6 is 0 Å². The molecule has 2 aromatic rings. The van der Waals surface area contributed by atoms with Crippen molar-refractivity contribution in [2.75, 3.05) is 0 Å². The average Bonchev–Trinajstić information content (AvgIpc) is 2.57. The van der Waals surface area contributed by atoms with Crippen molar-refractivity contribution in [1.82, 2.24) is 0 Å². The molecule has 0 radical (unpaired) electrons. The molecule has 0 N–H and O–H groups in total. The number of hydrogen-bond acceptors (Lipinski definition) is 0. The summed E-state index contributed by atoms with van der Waals surface area (Å²) in [6.45, 7) is 4.47. The van der Waals surface area contributed by atoms with Gasteiger partial charge >= 0.3 is 0 Å². The molecule has 22 heavy (non-hydrogen) atoms. The number of aryl methyl sites for hydroxylation is 1. The van der Waals surface area contributed by atoms with Gasteiger partial charge in [0.15, 0.2) is 0 Å². The second kappa shape index (κ2) is 6.79. The topological polar surface area (TPSA) is 0 Å². The zero-order chi connectivity index (χ0) is 15.4. The molecule has 0 saturated heterocycles. The van der Waals surface area contributed by atoms with Crippen LogP contribution in [-0.2, 0) is 0 Å². The first-order valence-corrected chi connectivity index (χ1v) is 8.23. The van der Waals surface area contributed by atoms with Crippen LogP contribution in [0.3, 0.4) is 0 Å². The molecule has 0 heteroatoms. The Labute approximate surface area is 134 Å². The van der Waals surface area contributed by atoms with Crippen molar-refractivity contribution in [2.45, 2.75) is 39.0 Å². The zero-order valence-electron chi connectivity index (χ0n) is 13.5. The fourth-order valence-corrected chi connectivity index (χ4v) is 3.15. The summed E-state index contributed by atoms with van der Waals surface area (Å²) >= 11 is 0. The molecule has 0 aromatic heterocycles. The first-order valence-electron chi connectivity index (χ1n) is 8.23. The van der Waals surface area contributed by atoms with Crippen LogP contribution in [0.5, 0.6) is 0 Å². The standard InChI is InChI=1S/C22H24/c1-17-8-12-21(13-9-17)22-14-10-19(11-15-22)16-18(2)20-6-4-3-5-7-20/h3-10,12-14,18H,11,15-16H2,1-2H3/t18-/m1/s1. The van der Waals surface area contributed by atoms with Gasteiger partial charge in [-0.05, 0) is 48.8 Å². The molecule has 1 aliphatic rings. The van der Waals surface area contributed by atoms with Crippen molar-refractivity contribution in [3.63, 3.8) is 0 Å². The Hall–Kier alpha value is -2.08. The van der Waals surface area contributed by atoms with Gasteiger partial charge < -0.3 is 0 Å². The van der Waals surface area contributed by atoms with Gasteiger partial charge in [0, 0.05) is 0 Å². The fraction of sp³-hybridized carbons (Fsp3) is 0.273. The summed E-state index contributed by atoms with van der Waals surface area (Å²) in [5, 5.41) is 0. The van der Waals surface area contributed by atoms with Crippen LogP contribution < -0.4 is 0 Å². The molecule has 0 fully saturated rings. The summed E-state index contributed by atoms with van der Waals surface area (Å²) in [5.41, 5.74) is 7.19. The van der Waals surface area contributed by atoms with Crippen molar-refractivity contribution in [3.05, 3.63) is 89.0 Å².